The Morgan fingerprint density at radius 3 is 2.83 bits per heavy atom. The van der Waals surface area contributed by atoms with E-state index in [1.807, 2.05) is 30.3 Å². The van der Waals surface area contributed by atoms with E-state index in [0.29, 0.717) is 24.1 Å². The first-order valence-electron chi connectivity index (χ1n) is 7.39. The highest BCUT2D eigenvalue weighted by molar-refractivity contribution is 9.10. The lowest BCUT2D eigenvalue weighted by Gasteiger charge is -2.21. The summed E-state index contributed by atoms with van der Waals surface area (Å²) in [6.07, 6.45) is 0.669. The van der Waals surface area contributed by atoms with Crippen molar-refractivity contribution in [3.63, 3.8) is 0 Å². The van der Waals surface area contributed by atoms with E-state index in [9.17, 15) is 4.79 Å². The molecule has 0 N–H and O–H groups in total. The Hall–Kier alpha value is -2.40. The van der Waals surface area contributed by atoms with Gasteiger partial charge in [-0.1, -0.05) is 40.2 Å². The molecule has 2 aromatic carbocycles. The third-order valence-electron chi connectivity index (χ3n) is 4.43. The predicted molar refractivity (Wildman–Crippen MR) is 91.8 cm³/mol. The van der Waals surface area contributed by atoms with Crippen LogP contribution in [-0.2, 0) is 13.0 Å². The van der Waals surface area contributed by atoms with Crippen molar-refractivity contribution in [3.8, 4) is 0 Å². The van der Waals surface area contributed by atoms with Crippen molar-refractivity contribution < 1.29 is 4.42 Å². The topological polar surface area (TPSA) is 48.0 Å². The fourth-order valence-corrected chi connectivity index (χ4v) is 3.72. The zero-order chi connectivity index (χ0) is 15.6. The first kappa shape index (κ1) is 13.1. The molecule has 0 saturated carbocycles. The van der Waals surface area contributed by atoms with Crippen LogP contribution in [0.5, 0.6) is 0 Å². The maximum absolute atomic E-state index is 12.4. The fourth-order valence-electron chi connectivity index (χ4n) is 3.36. The Balaban J connectivity index is 1.91. The van der Waals surface area contributed by atoms with Crippen molar-refractivity contribution in [2.45, 2.75) is 13.0 Å². The largest absolute Gasteiger partial charge is 0.449 e. The van der Waals surface area contributed by atoms with E-state index < -0.39 is 0 Å². The van der Waals surface area contributed by atoms with E-state index >= 15 is 0 Å². The summed E-state index contributed by atoms with van der Waals surface area (Å²) in [4.78, 5) is 16.6. The minimum atomic E-state index is -0.294. The molecule has 0 amide bonds. The van der Waals surface area contributed by atoms with Crippen LogP contribution in [0.15, 0.2) is 56.1 Å². The molecular weight excluding hydrogens is 356 g/mol. The van der Waals surface area contributed by atoms with Crippen LogP contribution in [0.3, 0.4) is 0 Å². The van der Waals surface area contributed by atoms with Gasteiger partial charge in [-0.15, -0.1) is 0 Å². The summed E-state index contributed by atoms with van der Waals surface area (Å²) in [5, 5.41) is 0.939. The zero-order valence-electron chi connectivity index (χ0n) is 12.0. The molecule has 0 radical (unpaired) electrons. The number of rotatable bonds is 0. The van der Waals surface area contributed by atoms with Gasteiger partial charge in [-0.05, 0) is 29.3 Å². The van der Waals surface area contributed by atoms with E-state index in [0.717, 1.165) is 21.2 Å². The molecule has 112 valence electrons. The molecule has 0 spiro atoms. The van der Waals surface area contributed by atoms with Crippen LogP contribution >= 0.6 is 15.9 Å². The molecule has 4 aromatic rings. The molecule has 3 heterocycles. The molecule has 5 heteroatoms. The van der Waals surface area contributed by atoms with Gasteiger partial charge in [0.2, 0.25) is 5.58 Å². The zero-order valence-corrected chi connectivity index (χ0v) is 13.6. The predicted octanol–water partition coefficient (Wildman–Crippen LogP) is 3.86. The standard InChI is InChI=1S/C18H11BrN2O2/c19-12-5-6-14-13(8-12)16-17(23-14)18(22)20-15-7-10-3-1-2-4-11(10)9-21(15)16/h1-6,8H,7,9H2. The second-order valence-corrected chi connectivity index (χ2v) is 6.70. The maximum atomic E-state index is 12.4. The van der Waals surface area contributed by atoms with Crippen LogP contribution in [0, 0.1) is 0 Å². The molecule has 0 fully saturated rings. The quantitative estimate of drug-likeness (QED) is 0.418. The lowest BCUT2D eigenvalue weighted by molar-refractivity contribution is 0.641. The van der Waals surface area contributed by atoms with Crippen molar-refractivity contribution in [2.24, 2.45) is 0 Å². The summed E-state index contributed by atoms with van der Waals surface area (Å²) in [6, 6.07) is 14.1. The molecule has 0 bridgehead atoms. The average molecular weight is 367 g/mol. The van der Waals surface area contributed by atoms with Gasteiger partial charge in [-0.2, -0.15) is 4.98 Å². The van der Waals surface area contributed by atoms with Crippen LogP contribution in [0.25, 0.3) is 22.1 Å². The highest BCUT2D eigenvalue weighted by Gasteiger charge is 2.22. The Bertz CT molecular complexity index is 1160. The number of nitrogens with zero attached hydrogens (tertiary/aromatic N) is 2. The lowest BCUT2D eigenvalue weighted by Crippen LogP contribution is -2.23. The van der Waals surface area contributed by atoms with Crippen LogP contribution in [0.2, 0.25) is 0 Å². The summed E-state index contributed by atoms with van der Waals surface area (Å²) < 4.78 is 8.84. The molecule has 0 unspecified atom stereocenters. The molecule has 4 nitrogen and oxygen atoms in total. The van der Waals surface area contributed by atoms with Crippen LogP contribution in [-0.4, -0.2) is 9.55 Å². The molecule has 2 aromatic heterocycles. The molecule has 1 aliphatic rings. The minimum Gasteiger partial charge on any atom is -0.449 e. The SMILES string of the molecule is O=c1nc2n(c3c1oc1ccc(Br)cc13)Cc1ccccc1C2. The minimum absolute atomic E-state index is 0.294. The van der Waals surface area contributed by atoms with E-state index in [-0.39, 0.29) is 5.56 Å². The van der Waals surface area contributed by atoms with Gasteiger partial charge in [0.25, 0.3) is 0 Å². The summed E-state index contributed by atoms with van der Waals surface area (Å²) >= 11 is 3.50. The van der Waals surface area contributed by atoms with Gasteiger partial charge in [-0.25, -0.2) is 0 Å². The third-order valence-corrected chi connectivity index (χ3v) is 4.92. The van der Waals surface area contributed by atoms with Crippen LogP contribution in [0.4, 0.5) is 0 Å². The van der Waals surface area contributed by atoms with Crippen molar-refractivity contribution >= 4 is 38.0 Å². The van der Waals surface area contributed by atoms with Crippen LogP contribution < -0.4 is 5.56 Å². The van der Waals surface area contributed by atoms with Gasteiger partial charge in [0.1, 0.15) is 16.9 Å². The highest BCUT2D eigenvalue weighted by Crippen LogP contribution is 2.32. The monoisotopic (exact) mass is 366 g/mol. The smallest absolute Gasteiger partial charge is 0.316 e. The normalized spacial score (nSPS) is 13.3. The number of benzene rings is 2. The van der Waals surface area contributed by atoms with Gasteiger partial charge in [0.05, 0.1) is 0 Å². The molecule has 0 aliphatic carbocycles. The van der Waals surface area contributed by atoms with Crippen molar-refractivity contribution in [1.29, 1.82) is 0 Å². The third kappa shape index (κ3) is 1.83. The van der Waals surface area contributed by atoms with Gasteiger partial charge < -0.3 is 8.98 Å². The molecular formula is C18H11BrN2O2. The number of aromatic nitrogens is 2. The molecule has 0 saturated heterocycles. The summed E-state index contributed by atoms with van der Waals surface area (Å²) in [5.74, 6) is 0.795. The number of hydrogen-bond acceptors (Lipinski definition) is 3. The molecule has 1 aliphatic heterocycles. The fraction of sp³-hybridized carbons (Fsp3) is 0.111. The van der Waals surface area contributed by atoms with Crippen molar-refractivity contribution in [3.05, 3.63) is 74.2 Å². The van der Waals surface area contributed by atoms with Gasteiger partial charge >= 0.3 is 5.56 Å². The van der Waals surface area contributed by atoms with Gasteiger partial charge in [0, 0.05) is 22.8 Å². The summed E-state index contributed by atoms with van der Waals surface area (Å²) in [6.45, 7) is 0.705. The summed E-state index contributed by atoms with van der Waals surface area (Å²) in [5.41, 5.74) is 4.08. The van der Waals surface area contributed by atoms with Crippen molar-refractivity contribution in [1.82, 2.24) is 9.55 Å². The number of furan rings is 1. The van der Waals surface area contributed by atoms with E-state index in [4.69, 9.17) is 4.42 Å². The van der Waals surface area contributed by atoms with Gasteiger partial charge in [0.15, 0.2) is 0 Å². The Morgan fingerprint density at radius 1 is 1.13 bits per heavy atom. The number of fused-ring (bicyclic) bond motifs is 6. The van der Waals surface area contributed by atoms with E-state index in [1.165, 1.54) is 11.1 Å². The number of halogens is 1. The lowest BCUT2D eigenvalue weighted by atomic mass is 10.0. The van der Waals surface area contributed by atoms with Crippen molar-refractivity contribution in [2.75, 3.05) is 0 Å². The second kappa shape index (κ2) is 4.55. The first-order valence-corrected chi connectivity index (χ1v) is 8.18. The Morgan fingerprint density at radius 2 is 1.96 bits per heavy atom. The molecule has 5 rings (SSSR count). The average Bonchev–Trinajstić information content (AvgIpc) is 2.93. The number of hydrogen-bond donors (Lipinski definition) is 0. The highest BCUT2D eigenvalue weighted by atomic mass is 79.9. The van der Waals surface area contributed by atoms with E-state index in [1.54, 1.807) is 0 Å². The molecule has 23 heavy (non-hydrogen) atoms. The van der Waals surface area contributed by atoms with E-state index in [2.05, 4.69) is 37.6 Å². The summed E-state index contributed by atoms with van der Waals surface area (Å²) in [7, 11) is 0. The Labute approximate surface area is 139 Å². The van der Waals surface area contributed by atoms with Crippen LogP contribution in [0.1, 0.15) is 17.0 Å². The Kier molecular flexibility index (Phi) is 2.59. The molecule has 0 atom stereocenters. The maximum Gasteiger partial charge on any atom is 0.316 e. The second-order valence-electron chi connectivity index (χ2n) is 5.79. The first-order chi connectivity index (χ1) is 11.2. The van der Waals surface area contributed by atoms with Gasteiger partial charge in [-0.3, -0.25) is 4.79 Å².